The van der Waals surface area contributed by atoms with Gasteiger partial charge in [-0.25, -0.2) is 9.97 Å². The van der Waals surface area contributed by atoms with Gasteiger partial charge in [0, 0.05) is 18.3 Å². The van der Waals surface area contributed by atoms with Crippen LogP contribution in [0, 0.1) is 0 Å². The molecule has 0 aliphatic carbocycles. The van der Waals surface area contributed by atoms with E-state index in [1.165, 1.54) is 6.33 Å². The summed E-state index contributed by atoms with van der Waals surface area (Å²) in [6.07, 6.45) is 3.98. The van der Waals surface area contributed by atoms with Crippen LogP contribution in [-0.2, 0) is 20.1 Å². The lowest BCUT2D eigenvalue weighted by Gasteiger charge is -2.08. The molecule has 0 N–H and O–H groups in total. The van der Waals surface area contributed by atoms with Crippen LogP contribution in [0.2, 0.25) is 0 Å². The monoisotopic (exact) mass is 371 g/mol. The molecule has 140 valence electrons. The molecule has 0 saturated carbocycles. The Morgan fingerprint density at radius 2 is 1.82 bits per heavy atom. The van der Waals surface area contributed by atoms with E-state index in [1.807, 2.05) is 73.1 Å². The third-order valence-corrected chi connectivity index (χ3v) is 4.91. The molecule has 0 radical (unpaired) electrons. The third kappa shape index (κ3) is 3.27. The molecule has 28 heavy (non-hydrogen) atoms. The van der Waals surface area contributed by atoms with Gasteiger partial charge in [0.25, 0.3) is 0 Å². The summed E-state index contributed by atoms with van der Waals surface area (Å²) in [6, 6.07) is 17.3. The molecular weight excluding hydrogens is 350 g/mol. The van der Waals surface area contributed by atoms with Gasteiger partial charge in [-0.2, -0.15) is 0 Å². The molecule has 0 atom stereocenters. The Morgan fingerprint density at radius 3 is 2.54 bits per heavy atom. The summed E-state index contributed by atoms with van der Waals surface area (Å²) in [4.78, 5) is 21.7. The van der Waals surface area contributed by atoms with E-state index in [0.29, 0.717) is 23.3 Å². The molecule has 4 aromatic rings. The van der Waals surface area contributed by atoms with Crippen LogP contribution in [0.4, 0.5) is 0 Å². The van der Waals surface area contributed by atoms with Crippen LogP contribution >= 0.6 is 0 Å². The maximum Gasteiger partial charge on any atom is 0.197 e. The first-order valence-electron chi connectivity index (χ1n) is 9.27. The second kappa shape index (κ2) is 7.64. The van der Waals surface area contributed by atoms with Crippen molar-refractivity contribution in [2.45, 2.75) is 20.0 Å². The number of rotatable bonds is 6. The molecule has 4 rings (SSSR count). The maximum atomic E-state index is 13.2. The molecule has 2 aromatic heterocycles. The van der Waals surface area contributed by atoms with Gasteiger partial charge in [0.05, 0.1) is 17.3 Å². The molecule has 2 heterocycles. The lowest BCUT2D eigenvalue weighted by Crippen LogP contribution is -2.06. The van der Waals surface area contributed by atoms with E-state index < -0.39 is 0 Å². The fourth-order valence-electron chi connectivity index (χ4n) is 3.45. The van der Waals surface area contributed by atoms with Crippen molar-refractivity contribution in [2.24, 2.45) is 7.05 Å². The minimum absolute atomic E-state index is 0.0317. The Morgan fingerprint density at radius 1 is 1.07 bits per heavy atom. The fraction of sp³-hybridized carbons (Fsp3) is 0.174. The molecule has 0 unspecified atom stereocenters. The van der Waals surface area contributed by atoms with Gasteiger partial charge < -0.3 is 9.30 Å². The summed E-state index contributed by atoms with van der Waals surface area (Å²) in [6.45, 7) is 2.54. The van der Waals surface area contributed by atoms with Gasteiger partial charge in [-0.1, -0.05) is 37.3 Å². The van der Waals surface area contributed by atoms with Gasteiger partial charge in [0.15, 0.2) is 5.78 Å². The predicted octanol–water partition coefficient (Wildman–Crippen LogP) is 4.34. The van der Waals surface area contributed by atoms with Crippen molar-refractivity contribution in [3.8, 4) is 5.75 Å². The molecule has 0 aliphatic heterocycles. The Bertz CT molecular complexity index is 1120. The minimum atomic E-state index is -0.0317. The van der Waals surface area contributed by atoms with Crippen molar-refractivity contribution >= 4 is 16.8 Å². The van der Waals surface area contributed by atoms with Gasteiger partial charge in [-0.3, -0.25) is 4.79 Å². The van der Waals surface area contributed by atoms with E-state index >= 15 is 0 Å². The zero-order chi connectivity index (χ0) is 19.5. The van der Waals surface area contributed by atoms with Crippen molar-refractivity contribution in [2.75, 3.05) is 0 Å². The van der Waals surface area contributed by atoms with E-state index in [0.717, 1.165) is 28.9 Å². The Hall–Kier alpha value is -3.47. The Kier molecular flexibility index (Phi) is 4.89. The first-order chi connectivity index (χ1) is 13.7. The first kappa shape index (κ1) is 17.9. The summed E-state index contributed by atoms with van der Waals surface area (Å²) in [5.74, 6) is 0.701. The van der Waals surface area contributed by atoms with E-state index in [9.17, 15) is 4.79 Å². The summed E-state index contributed by atoms with van der Waals surface area (Å²) in [5, 5.41) is 0. The standard InChI is InChI=1S/C23H21N3O2/c1-3-19-21(22-20(26(19)2)13-24-15-25-22)23(27)17-9-11-18(12-10-17)28-14-16-7-5-4-6-8-16/h4-13,15H,3,14H2,1-2H3. The van der Waals surface area contributed by atoms with Crippen LogP contribution in [-0.4, -0.2) is 20.3 Å². The van der Waals surface area contributed by atoms with Gasteiger partial charge >= 0.3 is 0 Å². The van der Waals surface area contributed by atoms with Crippen LogP contribution in [0.3, 0.4) is 0 Å². The van der Waals surface area contributed by atoms with Crippen molar-refractivity contribution in [3.63, 3.8) is 0 Å². The second-order valence-corrected chi connectivity index (χ2v) is 6.62. The zero-order valence-corrected chi connectivity index (χ0v) is 15.9. The lowest BCUT2D eigenvalue weighted by atomic mass is 10.0. The number of nitrogens with zero attached hydrogens (tertiary/aromatic N) is 3. The zero-order valence-electron chi connectivity index (χ0n) is 15.9. The number of hydrogen-bond acceptors (Lipinski definition) is 4. The van der Waals surface area contributed by atoms with E-state index in [2.05, 4.69) is 9.97 Å². The van der Waals surface area contributed by atoms with E-state index in [4.69, 9.17) is 4.74 Å². The normalized spacial score (nSPS) is 10.9. The van der Waals surface area contributed by atoms with Crippen LogP contribution in [0.1, 0.15) is 34.1 Å². The number of aromatic nitrogens is 3. The predicted molar refractivity (Wildman–Crippen MR) is 109 cm³/mol. The largest absolute Gasteiger partial charge is 0.489 e. The molecule has 2 aromatic carbocycles. The molecule has 0 fully saturated rings. The number of benzene rings is 2. The molecular formula is C23H21N3O2. The molecule has 0 bridgehead atoms. The average molecular weight is 371 g/mol. The summed E-state index contributed by atoms with van der Waals surface area (Å²) in [5.41, 5.74) is 4.90. The first-order valence-corrected chi connectivity index (χ1v) is 9.27. The van der Waals surface area contributed by atoms with Gasteiger partial charge in [0.2, 0.25) is 0 Å². The molecule has 0 spiro atoms. The molecule has 0 saturated heterocycles. The second-order valence-electron chi connectivity index (χ2n) is 6.62. The number of carbonyl (C=O) groups excluding carboxylic acids is 1. The van der Waals surface area contributed by atoms with Crippen LogP contribution < -0.4 is 4.74 Å². The lowest BCUT2D eigenvalue weighted by molar-refractivity contribution is 0.103. The van der Waals surface area contributed by atoms with Crippen molar-refractivity contribution in [1.29, 1.82) is 0 Å². The Labute approximate surface area is 163 Å². The topological polar surface area (TPSA) is 57.0 Å². The third-order valence-electron chi connectivity index (χ3n) is 4.91. The highest BCUT2D eigenvalue weighted by Gasteiger charge is 2.22. The number of hydrogen-bond donors (Lipinski definition) is 0. The van der Waals surface area contributed by atoms with Gasteiger partial charge in [-0.15, -0.1) is 0 Å². The minimum Gasteiger partial charge on any atom is -0.489 e. The van der Waals surface area contributed by atoms with Crippen LogP contribution in [0.15, 0.2) is 67.1 Å². The average Bonchev–Trinajstić information content (AvgIpc) is 3.05. The molecule has 5 heteroatoms. The SMILES string of the molecule is CCc1c(C(=O)c2ccc(OCc3ccccc3)cc2)c2ncncc2n1C. The number of ether oxygens (including phenoxy) is 1. The smallest absolute Gasteiger partial charge is 0.197 e. The molecule has 0 amide bonds. The highest BCUT2D eigenvalue weighted by Crippen LogP contribution is 2.26. The van der Waals surface area contributed by atoms with Crippen molar-refractivity contribution in [1.82, 2.24) is 14.5 Å². The van der Waals surface area contributed by atoms with Crippen molar-refractivity contribution in [3.05, 3.63) is 89.5 Å². The van der Waals surface area contributed by atoms with E-state index in [1.54, 1.807) is 6.20 Å². The highest BCUT2D eigenvalue weighted by molar-refractivity contribution is 6.16. The summed E-state index contributed by atoms with van der Waals surface area (Å²) >= 11 is 0. The summed E-state index contributed by atoms with van der Waals surface area (Å²) < 4.78 is 7.82. The number of fused-ring (bicyclic) bond motifs is 1. The highest BCUT2D eigenvalue weighted by atomic mass is 16.5. The van der Waals surface area contributed by atoms with Gasteiger partial charge in [-0.05, 0) is 36.2 Å². The molecule has 0 aliphatic rings. The fourth-order valence-corrected chi connectivity index (χ4v) is 3.45. The molecule has 5 nitrogen and oxygen atoms in total. The Balaban J connectivity index is 1.60. The van der Waals surface area contributed by atoms with Crippen LogP contribution in [0.5, 0.6) is 5.75 Å². The summed E-state index contributed by atoms with van der Waals surface area (Å²) in [7, 11) is 1.95. The van der Waals surface area contributed by atoms with E-state index in [-0.39, 0.29) is 5.78 Å². The van der Waals surface area contributed by atoms with Gasteiger partial charge in [0.1, 0.15) is 24.2 Å². The number of aryl methyl sites for hydroxylation is 1. The number of carbonyl (C=O) groups is 1. The van der Waals surface area contributed by atoms with Crippen molar-refractivity contribution < 1.29 is 9.53 Å². The number of ketones is 1. The quantitative estimate of drug-likeness (QED) is 0.473. The van der Waals surface area contributed by atoms with Crippen LogP contribution in [0.25, 0.3) is 11.0 Å². The maximum absolute atomic E-state index is 13.2.